The lowest BCUT2D eigenvalue weighted by Gasteiger charge is -2.31. The topological polar surface area (TPSA) is 67.9 Å². The highest BCUT2D eigenvalue weighted by Crippen LogP contribution is 2.39. The fourth-order valence-electron chi connectivity index (χ4n) is 3.93. The van der Waals surface area contributed by atoms with E-state index in [1.165, 1.54) is 12.0 Å². The largest absolute Gasteiger partial charge is 0.495 e. The molecule has 1 aliphatic heterocycles. The predicted molar refractivity (Wildman–Crippen MR) is 99.8 cm³/mol. The summed E-state index contributed by atoms with van der Waals surface area (Å²) in [4.78, 5) is 25.6. The molecule has 0 aromatic heterocycles. The Morgan fingerprint density at radius 2 is 2.00 bits per heavy atom. The van der Waals surface area contributed by atoms with Crippen LogP contribution >= 0.6 is 0 Å². The molecule has 2 fully saturated rings. The lowest BCUT2D eigenvalue weighted by Crippen LogP contribution is -2.39. The summed E-state index contributed by atoms with van der Waals surface area (Å²) in [5.74, 6) is -1.03. The van der Waals surface area contributed by atoms with Gasteiger partial charge in [0.25, 0.3) is 0 Å². The van der Waals surface area contributed by atoms with E-state index in [-0.39, 0.29) is 24.7 Å². The maximum Gasteiger partial charge on any atom is 0.391 e. The van der Waals surface area contributed by atoms with Crippen molar-refractivity contribution in [3.05, 3.63) is 18.2 Å². The Morgan fingerprint density at radius 3 is 2.62 bits per heavy atom. The first kappa shape index (κ1) is 21.3. The molecule has 3 atom stereocenters. The number of methoxy groups -OCH3 is 1. The zero-order chi connectivity index (χ0) is 21.2. The average Bonchev–Trinajstić information content (AvgIpc) is 3.00. The van der Waals surface area contributed by atoms with Crippen molar-refractivity contribution < 1.29 is 32.2 Å². The lowest BCUT2D eigenvalue weighted by atomic mass is 9.87. The number of amides is 2. The van der Waals surface area contributed by atoms with Crippen LogP contribution in [0.1, 0.15) is 38.5 Å². The van der Waals surface area contributed by atoms with Crippen LogP contribution in [0.4, 0.5) is 18.9 Å². The first-order valence-electron chi connectivity index (χ1n) is 9.67. The zero-order valence-electron chi connectivity index (χ0n) is 16.4. The van der Waals surface area contributed by atoms with E-state index in [1.54, 1.807) is 25.2 Å². The van der Waals surface area contributed by atoms with Gasteiger partial charge >= 0.3 is 6.18 Å². The van der Waals surface area contributed by atoms with Crippen molar-refractivity contribution in [3.8, 4) is 11.5 Å². The number of benzene rings is 1. The van der Waals surface area contributed by atoms with Gasteiger partial charge in [0.2, 0.25) is 11.8 Å². The van der Waals surface area contributed by atoms with E-state index >= 15 is 0 Å². The summed E-state index contributed by atoms with van der Waals surface area (Å²) in [6.45, 7) is 0. The zero-order valence-corrected chi connectivity index (χ0v) is 16.4. The predicted octanol–water partition coefficient (Wildman–Crippen LogP) is 3.75. The highest BCUT2D eigenvalue weighted by Gasteiger charge is 2.42. The third kappa shape index (κ3) is 4.94. The van der Waals surface area contributed by atoms with E-state index in [4.69, 9.17) is 9.47 Å². The number of carbonyl (C=O) groups excluding carboxylic acids is 2. The Hall–Kier alpha value is -2.45. The molecule has 1 aliphatic carbocycles. The molecule has 1 unspecified atom stereocenters. The number of nitrogens with one attached hydrogen (secondary N) is 1. The van der Waals surface area contributed by atoms with Crippen molar-refractivity contribution in [2.75, 3.05) is 19.5 Å². The third-order valence-electron chi connectivity index (χ3n) is 5.62. The Morgan fingerprint density at radius 1 is 1.24 bits per heavy atom. The number of anilines is 1. The monoisotopic (exact) mass is 414 g/mol. The van der Waals surface area contributed by atoms with E-state index in [0.717, 1.165) is 0 Å². The van der Waals surface area contributed by atoms with Crippen molar-refractivity contribution in [2.24, 2.45) is 5.92 Å². The van der Waals surface area contributed by atoms with E-state index in [0.29, 0.717) is 42.9 Å². The normalized spacial score (nSPS) is 25.1. The Bertz CT molecular complexity index is 769. The molecule has 0 bridgehead atoms. The maximum atomic E-state index is 13.0. The molecule has 6 nitrogen and oxygen atoms in total. The van der Waals surface area contributed by atoms with Gasteiger partial charge in [-0.05, 0) is 44.2 Å². The van der Waals surface area contributed by atoms with Gasteiger partial charge in [-0.2, -0.15) is 13.2 Å². The van der Waals surface area contributed by atoms with Gasteiger partial charge in [0, 0.05) is 19.5 Å². The quantitative estimate of drug-likeness (QED) is 0.797. The molecule has 1 aromatic rings. The number of carbonyl (C=O) groups is 2. The van der Waals surface area contributed by atoms with Gasteiger partial charge in [-0.25, -0.2) is 0 Å². The fourth-order valence-corrected chi connectivity index (χ4v) is 3.93. The minimum absolute atomic E-state index is 0.0772. The number of likely N-dealkylation sites (tertiary alicyclic amines) is 1. The maximum absolute atomic E-state index is 13.0. The summed E-state index contributed by atoms with van der Waals surface area (Å²) in [5, 5.41) is 2.75. The molecule has 2 amide bonds. The summed E-state index contributed by atoms with van der Waals surface area (Å²) in [6, 6.07) is 4.18. The van der Waals surface area contributed by atoms with Crippen molar-refractivity contribution >= 4 is 17.5 Å². The van der Waals surface area contributed by atoms with Crippen molar-refractivity contribution in [2.45, 2.75) is 56.8 Å². The second kappa shape index (κ2) is 8.51. The van der Waals surface area contributed by atoms with Crippen LogP contribution in [-0.4, -0.2) is 49.2 Å². The minimum Gasteiger partial charge on any atom is -0.495 e. The summed E-state index contributed by atoms with van der Waals surface area (Å²) in [6.07, 6.45) is -2.95. The molecule has 2 aliphatic rings. The SMILES string of the molecule is COc1ccc(O[C@H]2CCC[C@H](C(F)(F)F)C2)cc1NC(=O)C1CCC(=O)N1C. The summed E-state index contributed by atoms with van der Waals surface area (Å²) >= 11 is 0. The molecule has 160 valence electrons. The standard InChI is InChI=1S/C20H25F3N2O4/c1-25-16(7-9-18(25)26)19(27)24-15-11-14(6-8-17(15)28-2)29-13-5-3-4-12(10-13)20(21,22)23/h6,8,11-13,16H,3-5,7,9-10H2,1-2H3,(H,24,27)/t12-,13-,16?/m0/s1. The van der Waals surface area contributed by atoms with Crippen LogP contribution in [0.5, 0.6) is 11.5 Å². The van der Waals surface area contributed by atoms with Crippen LogP contribution < -0.4 is 14.8 Å². The van der Waals surface area contributed by atoms with Crippen LogP contribution in [0.15, 0.2) is 18.2 Å². The molecule has 1 saturated heterocycles. The number of likely N-dealkylation sites (N-methyl/N-ethyl adjacent to an activating group) is 1. The molecule has 1 aromatic carbocycles. The number of ether oxygens (including phenoxy) is 2. The summed E-state index contributed by atoms with van der Waals surface area (Å²) < 4.78 is 50.1. The van der Waals surface area contributed by atoms with E-state index in [9.17, 15) is 22.8 Å². The summed E-state index contributed by atoms with van der Waals surface area (Å²) in [5.41, 5.74) is 0.353. The number of nitrogens with zero attached hydrogens (tertiary/aromatic N) is 1. The second-order valence-electron chi connectivity index (χ2n) is 7.56. The molecule has 0 radical (unpaired) electrons. The molecular formula is C20H25F3N2O4. The number of hydrogen-bond donors (Lipinski definition) is 1. The van der Waals surface area contributed by atoms with Gasteiger partial charge in [0.05, 0.1) is 24.8 Å². The third-order valence-corrected chi connectivity index (χ3v) is 5.62. The van der Waals surface area contributed by atoms with E-state index < -0.39 is 24.2 Å². The molecule has 1 heterocycles. The van der Waals surface area contributed by atoms with Gasteiger partial charge in [-0.15, -0.1) is 0 Å². The Balaban J connectivity index is 1.70. The Labute approximate surface area is 167 Å². The van der Waals surface area contributed by atoms with Gasteiger partial charge < -0.3 is 19.7 Å². The number of rotatable bonds is 5. The number of alkyl halides is 3. The van der Waals surface area contributed by atoms with Gasteiger partial charge in [0.15, 0.2) is 0 Å². The van der Waals surface area contributed by atoms with Gasteiger partial charge in [0.1, 0.15) is 17.5 Å². The van der Waals surface area contributed by atoms with Crippen LogP contribution in [0.3, 0.4) is 0 Å². The minimum atomic E-state index is -4.22. The van der Waals surface area contributed by atoms with Gasteiger partial charge in [-0.1, -0.05) is 0 Å². The molecule has 1 saturated carbocycles. The average molecular weight is 414 g/mol. The summed E-state index contributed by atoms with van der Waals surface area (Å²) in [7, 11) is 3.03. The van der Waals surface area contributed by atoms with Gasteiger partial charge in [-0.3, -0.25) is 9.59 Å². The van der Waals surface area contributed by atoms with Crippen molar-refractivity contribution in [1.82, 2.24) is 4.90 Å². The second-order valence-corrected chi connectivity index (χ2v) is 7.56. The fraction of sp³-hybridized carbons (Fsp3) is 0.600. The van der Waals surface area contributed by atoms with Crippen LogP contribution in [0.25, 0.3) is 0 Å². The smallest absolute Gasteiger partial charge is 0.391 e. The number of halogens is 3. The first-order chi connectivity index (χ1) is 13.7. The highest BCUT2D eigenvalue weighted by molar-refractivity contribution is 5.99. The Kier molecular flexibility index (Phi) is 6.24. The molecule has 0 spiro atoms. The molecule has 29 heavy (non-hydrogen) atoms. The van der Waals surface area contributed by atoms with Crippen LogP contribution in [0.2, 0.25) is 0 Å². The first-order valence-corrected chi connectivity index (χ1v) is 9.67. The molecule has 1 N–H and O–H groups in total. The van der Waals surface area contributed by atoms with Crippen molar-refractivity contribution in [1.29, 1.82) is 0 Å². The molecule has 3 rings (SSSR count). The van der Waals surface area contributed by atoms with Crippen LogP contribution in [-0.2, 0) is 9.59 Å². The van der Waals surface area contributed by atoms with Crippen molar-refractivity contribution in [3.63, 3.8) is 0 Å². The highest BCUT2D eigenvalue weighted by atomic mass is 19.4. The molecule has 9 heteroatoms. The van der Waals surface area contributed by atoms with E-state index in [2.05, 4.69) is 5.32 Å². The van der Waals surface area contributed by atoms with Crippen LogP contribution in [0, 0.1) is 5.92 Å². The van der Waals surface area contributed by atoms with E-state index in [1.807, 2.05) is 0 Å². The molecular weight excluding hydrogens is 389 g/mol. The lowest BCUT2D eigenvalue weighted by molar-refractivity contribution is -0.188. The number of hydrogen-bond acceptors (Lipinski definition) is 4.